The van der Waals surface area contributed by atoms with Crippen LogP contribution in [0.3, 0.4) is 0 Å². The van der Waals surface area contributed by atoms with E-state index in [-0.39, 0.29) is 17.6 Å². The second kappa shape index (κ2) is 15.1. The number of benzene rings is 7. The number of carbonyl (C=O) groups is 1. The highest BCUT2D eigenvalue weighted by Gasteiger charge is 2.42. The molecule has 8 aromatic rings. The number of carbonyl (C=O) groups excluding carboxylic acids is 1. The summed E-state index contributed by atoms with van der Waals surface area (Å²) >= 11 is 0. The average Bonchev–Trinajstić information content (AvgIpc) is 3.71. The average molecular weight is 795 g/mol. The molecule has 1 unspecified atom stereocenters. The third kappa shape index (κ3) is 6.42. The maximum atomic E-state index is 14.4. The van der Waals surface area contributed by atoms with E-state index in [2.05, 4.69) is 123 Å². The Bertz CT molecular complexity index is 3010. The summed E-state index contributed by atoms with van der Waals surface area (Å²) < 4.78 is 0. The van der Waals surface area contributed by atoms with Gasteiger partial charge in [-0.05, 0) is 111 Å². The Balaban J connectivity index is 1.33. The number of nitrogens with zero attached hydrogens (tertiary/aromatic N) is 4. The molecule has 0 fully saturated rings. The summed E-state index contributed by atoms with van der Waals surface area (Å²) in [5.74, 6) is 2.25. The first-order chi connectivity index (χ1) is 29.7. The summed E-state index contributed by atoms with van der Waals surface area (Å²) in [4.78, 5) is 29.9. The van der Waals surface area contributed by atoms with Gasteiger partial charge in [0.25, 0.3) is 0 Å². The highest BCUT2D eigenvalue weighted by Crippen LogP contribution is 2.55. The number of rotatable bonds is 7. The molecule has 1 N–H and O–H groups in total. The molecule has 0 saturated carbocycles. The van der Waals surface area contributed by atoms with Gasteiger partial charge in [-0.1, -0.05) is 143 Å². The third-order valence-electron chi connectivity index (χ3n) is 12.1. The van der Waals surface area contributed by atoms with Gasteiger partial charge in [0, 0.05) is 22.3 Å². The Morgan fingerprint density at radius 1 is 0.557 bits per heavy atom. The van der Waals surface area contributed by atoms with Crippen LogP contribution < -0.4 is 9.80 Å². The Kier molecular flexibility index (Phi) is 9.46. The van der Waals surface area contributed by atoms with Crippen LogP contribution in [-0.4, -0.2) is 20.9 Å². The molecule has 2 heterocycles. The van der Waals surface area contributed by atoms with E-state index in [1.807, 2.05) is 84.9 Å². The lowest BCUT2D eigenvalue weighted by Crippen LogP contribution is -2.25. The van der Waals surface area contributed by atoms with Crippen LogP contribution in [0.5, 0.6) is 0 Å². The van der Waals surface area contributed by atoms with E-state index in [4.69, 9.17) is 9.97 Å². The number of aromatic nitrogens is 2. The molecular formula is C55H46N4O2. The lowest BCUT2D eigenvalue weighted by Gasteiger charge is -2.32. The molecule has 10 rings (SSSR count). The number of Topliss-reactive ketones (excluding diaryl/α,β-unsaturated/α-hetero) is 1. The van der Waals surface area contributed by atoms with E-state index >= 15 is 0 Å². The summed E-state index contributed by atoms with van der Waals surface area (Å²) in [6.07, 6.45) is 2.73. The zero-order chi connectivity index (χ0) is 41.9. The summed E-state index contributed by atoms with van der Waals surface area (Å²) in [5, 5.41) is 13.9. The monoisotopic (exact) mass is 794 g/mol. The maximum absolute atomic E-state index is 14.4. The molecule has 1 aliphatic heterocycles. The number of aliphatic hydroxyl groups is 1. The molecule has 2 aliphatic rings. The number of hydrogen-bond donors (Lipinski definition) is 1. The molecule has 0 amide bonds. The van der Waals surface area contributed by atoms with Crippen molar-refractivity contribution in [2.75, 3.05) is 9.80 Å². The van der Waals surface area contributed by atoms with Gasteiger partial charge in [0.15, 0.2) is 17.4 Å². The van der Waals surface area contributed by atoms with Crippen molar-refractivity contribution in [3.8, 4) is 22.3 Å². The molecule has 1 atom stereocenters. The second-order valence-electron chi connectivity index (χ2n) is 16.7. The smallest absolute Gasteiger partial charge is 0.192 e. The molecule has 7 aromatic carbocycles. The summed E-state index contributed by atoms with van der Waals surface area (Å²) in [6, 6.07) is 51.9. The zero-order valence-electron chi connectivity index (χ0n) is 35.0. The van der Waals surface area contributed by atoms with Gasteiger partial charge in [-0.2, -0.15) is 0 Å². The highest BCUT2D eigenvalue weighted by molar-refractivity contribution is 6.16. The van der Waals surface area contributed by atoms with Crippen molar-refractivity contribution in [2.45, 2.75) is 52.6 Å². The molecule has 1 aromatic heterocycles. The van der Waals surface area contributed by atoms with Crippen molar-refractivity contribution >= 4 is 50.6 Å². The van der Waals surface area contributed by atoms with Crippen molar-refractivity contribution in [1.82, 2.24) is 9.97 Å². The Hall–Kier alpha value is -7.15. The Labute approximate surface area is 356 Å². The number of aliphatic hydroxyl groups excluding tert-OH is 1. The van der Waals surface area contributed by atoms with E-state index in [0.29, 0.717) is 28.3 Å². The Morgan fingerprint density at radius 2 is 1.05 bits per heavy atom. The fraction of sp³-hybridized carbons (Fsp3) is 0.145. The third-order valence-corrected chi connectivity index (χ3v) is 12.1. The number of fused-ring (bicyclic) bond motifs is 4. The molecule has 0 bridgehead atoms. The van der Waals surface area contributed by atoms with Crippen molar-refractivity contribution in [3.05, 3.63) is 203 Å². The minimum Gasteiger partial charge on any atom is -0.383 e. The van der Waals surface area contributed by atoms with Crippen LogP contribution >= 0.6 is 0 Å². The standard InChI is InChI=1S/C55H46N4O2/c1-33(2)40-23-16-24-41(34(3)4)50(40)58-49(28-27-42-52(60)45-31-38-21-12-13-22-39(38)32-46(45)53(42)61)59(55-54(58)56-47-25-14-15-26-48(47)57-55)51-43(36-17-8-6-9-18-36)29-35(5)30-44(51)37-19-10-7-11-20-37/h6-34,52,60H,1-5H3/b42-27+,49-28+. The minimum atomic E-state index is -1.10. The Morgan fingerprint density at radius 3 is 1.59 bits per heavy atom. The minimum absolute atomic E-state index is 0.167. The van der Waals surface area contributed by atoms with E-state index < -0.39 is 6.10 Å². The fourth-order valence-electron chi connectivity index (χ4n) is 9.11. The molecule has 0 radical (unpaired) electrons. The van der Waals surface area contributed by atoms with Gasteiger partial charge in [0.2, 0.25) is 0 Å². The number of aryl methyl sites for hydroxylation is 1. The van der Waals surface area contributed by atoms with Gasteiger partial charge in [-0.3, -0.25) is 14.6 Å². The number of allylic oxidation sites excluding steroid dienone is 2. The summed E-state index contributed by atoms with van der Waals surface area (Å²) in [5.41, 5.74) is 12.6. The van der Waals surface area contributed by atoms with Gasteiger partial charge in [0.05, 0.1) is 22.4 Å². The van der Waals surface area contributed by atoms with Crippen molar-refractivity contribution in [1.29, 1.82) is 0 Å². The van der Waals surface area contributed by atoms with Crippen LogP contribution in [-0.2, 0) is 0 Å². The van der Waals surface area contributed by atoms with Gasteiger partial charge in [-0.25, -0.2) is 9.97 Å². The summed E-state index contributed by atoms with van der Waals surface area (Å²) in [6.45, 7) is 11.1. The zero-order valence-corrected chi connectivity index (χ0v) is 35.0. The van der Waals surface area contributed by atoms with Gasteiger partial charge in [0.1, 0.15) is 11.9 Å². The van der Waals surface area contributed by atoms with E-state index in [1.54, 1.807) is 0 Å². The molecule has 6 nitrogen and oxygen atoms in total. The molecule has 61 heavy (non-hydrogen) atoms. The lowest BCUT2D eigenvalue weighted by molar-refractivity contribution is 0.101. The SMILES string of the molecule is Cc1cc(-c2ccccc2)c(N2/C(=C/C=C3/C(=O)c4cc5ccccc5cc4C3O)N(c3c(C(C)C)cccc3C(C)C)c3nc4ccccc4nc32)c(-c2ccccc2)c1. The van der Waals surface area contributed by atoms with E-state index in [0.717, 1.165) is 66.8 Å². The van der Waals surface area contributed by atoms with Gasteiger partial charge in [-0.15, -0.1) is 0 Å². The maximum Gasteiger partial charge on any atom is 0.192 e. The predicted molar refractivity (Wildman–Crippen MR) is 250 cm³/mol. The number of para-hydroxylation sites is 3. The topological polar surface area (TPSA) is 69.6 Å². The number of ketones is 1. The fourth-order valence-corrected chi connectivity index (χ4v) is 9.11. The molecule has 0 spiro atoms. The second-order valence-corrected chi connectivity index (χ2v) is 16.7. The van der Waals surface area contributed by atoms with Crippen LogP contribution in [0, 0.1) is 6.92 Å². The largest absolute Gasteiger partial charge is 0.383 e. The van der Waals surface area contributed by atoms with E-state index in [1.165, 1.54) is 11.1 Å². The van der Waals surface area contributed by atoms with Crippen LogP contribution in [0.2, 0.25) is 0 Å². The molecule has 1 aliphatic carbocycles. The van der Waals surface area contributed by atoms with Gasteiger partial charge < -0.3 is 5.11 Å². The first-order valence-corrected chi connectivity index (χ1v) is 21.1. The number of hydrogen-bond acceptors (Lipinski definition) is 6. The molecule has 0 saturated heterocycles. The quantitative estimate of drug-likeness (QED) is 0.162. The molecule has 298 valence electrons. The number of anilines is 4. The lowest BCUT2D eigenvalue weighted by atomic mass is 9.91. The van der Waals surface area contributed by atoms with Crippen LogP contribution in [0.25, 0.3) is 44.1 Å². The highest BCUT2D eigenvalue weighted by atomic mass is 16.3. The van der Waals surface area contributed by atoms with Crippen LogP contribution in [0.1, 0.15) is 78.2 Å². The van der Waals surface area contributed by atoms with Crippen LogP contribution in [0.4, 0.5) is 23.0 Å². The van der Waals surface area contributed by atoms with Crippen molar-refractivity contribution in [3.63, 3.8) is 0 Å². The van der Waals surface area contributed by atoms with Crippen LogP contribution in [0.15, 0.2) is 175 Å². The van der Waals surface area contributed by atoms with Gasteiger partial charge >= 0.3 is 0 Å². The van der Waals surface area contributed by atoms with Crippen molar-refractivity contribution in [2.24, 2.45) is 0 Å². The first kappa shape index (κ1) is 38.1. The molecule has 6 heteroatoms. The van der Waals surface area contributed by atoms with Crippen molar-refractivity contribution < 1.29 is 9.90 Å². The predicted octanol–water partition coefficient (Wildman–Crippen LogP) is 13.7. The molecular weight excluding hydrogens is 749 g/mol. The van der Waals surface area contributed by atoms with E-state index in [9.17, 15) is 9.90 Å². The summed E-state index contributed by atoms with van der Waals surface area (Å²) in [7, 11) is 0. The first-order valence-electron chi connectivity index (χ1n) is 21.1. The normalized spacial score (nSPS) is 16.2.